The summed E-state index contributed by atoms with van der Waals surface area (Å²) in [6.45, 7) is 3.30. The molecule has 0 atom stereocenters. The topological polar surface area (TPSA) is 52.6 Å². The monoisotopic (exact) mass is 258 g/mol. The lowest BCUT2D eigenvalue weighted by atomic mass is 10.1. The maximum Gasteiger partial charge on any atom is 0.341 e. The summed E-state index contributed by atoms with van der Waals surface area (Å²) < 4.78 is 10.2. The van der Waals surface area contributed by atoms with Crippen LogP contribution in [-0.2, 0) is 9.53 Å². The van der Waals surface area contributed by atoms with Gasteiger partial charge in [-0.05, 0) is 18.4 Å². The molecule has 0 aliphatic carbocycles. The van der Waals surface area contributed by atoms with Gasteiger partial charge in [0, 0.05) is 12.3 Å². The smallest absolute Gasteiger partial charge is 0.341 e. The van der Waals surface area contributed by atoms with Gasteiger partial charge < -0.3 is 9.47 Å². The molecule has 0 aliphatic rings. The van der Waals surface area contributed by atoms with E-state index in [1.165, 1.54) is 6.92 Å². The molecule has 0 bridgehead atoms. The van der Waals surface area contributed by atoms with Gasteiger partial charge in [0.1, 0.15) is 5.56 Å². The van der Waals surface area contributed by atoms with Crippen LogP contribution in [-0.4, -0.2) is 18.5 Å². The molecule has 0 aliphatic heterocycles. The number of ether oxygens (including phenoxy) is 2. The molecule has 0 amide bonds. The van der Waals surface area contributed by atoms with Gasteiger partial charge in [0.15, 0.2) is 5.75 Å². The zero-order valence-corrected chi connectivity index (χ0v) is 10.8. The molecule has 0 spiro atoms. The summed E-state index contributed by atoms with van der Waals surface area (Å²) >= 11 is 0. The molecule has 19 heavy (non-hydrogen) atoms. The quantitative estimate of drug-likeness (QED) is 0.627. The molecule has 0 unspecified atom stereocenters. The Morgan fingerprint density at radius 3 is 2.53 bits per heavy atom. The van der Waals surface area contributed by atoms with Gasteiger partial charge in [-0.15, -0.1) is 0 Å². The Bertz CT molecular complexity index is 631. The number of carbonyl (C=O) groups is 2. The molecule has 2 aromatic carbocycles. The third-order valence-electron chi connectivity index (χ3n) is 2.62. The lowest BCUT2D eigenvalue weighted by Gasteiger charge is -2.11. The first-order valence-electron chi connectivity index (χ1n) is 6.00. The predicted molar refractivity (Wildman–Crippen MR) is 71.2 cm³/mol. The number of esters is 2. The Labute approximate surface area is 110 Å². The molecular formula is C15H14O4. The van der Waals surface area contributed by atoms with E-state index in [2.05, 4.69) is 0 Å². The normalized spacial score (nSPS) is 10.2. The van der Waals surface area contributed by atoms with Crippen LogP contribution in [0.2, 0.25) is 0 Å². The van der Waals surface area contributed by atoms with Gasteiger partial charge >= 0.3 is 11.9 Å². The van der Waals surface area contributed by atoms with Crippen LogP contribution in [0.4, 0.5) is 0 Å². The molecule has 4 heteroatoms. The minimum absolute atomic E-state index is 0.254. The summed E-state index contributed by atoms with van der Waals surface area (Å²) in [6.07, 6.45) is 0. The summed E-state index contributed by atoms with van der Waals surface area (Å²) in [5, 5.41) is 1.61. The van der Waals surface area contributed by atoms with Crippen molar-refractivity contribution in [2.75, 3.05) is 6.61 Å². The van der Waals surface area contributed by atoms with Crippen molar-refractivity contribution in [1.82, 2.24) is 0 Å². The van der Waals surface area contributed by atoms with E-state index in [9.17, 15) is 9.59 Å². The molecule has 0 saturated heterocycles. The van der Waals surface area contributed by atoms with Gasteiger partial charge in [-0.25, -0.2) is 4.79 Å². The second-order valence-electron chi connectivity index (χ2n) is 3.98. The summed E-state index contributed by atoms with van der Waals surface area (Å²) in [4.78, 5) is 23.1. The van der Waals surface area contributed by atoms with Gasteiger partial charge in [-0.3, -0.25) is 4.79 Å². The van der Waals surface area contributed by atoms with Crippen LogP contribution in [0, 0.1) is 0 Å². The molecule has 0 fully saturated rings. The van der Waals surface area contributed by atoms with E-state index in [1.54, 1.807) is 25.1 Å². The first-order valence-corrected chi connectivity index (χ1v) is 6.00. The van der Waals surface area contributed by atoms with Crippen molar-refractivity contribution in [3.05, 3.63) is 42.0 Å². The molecule has 98 valence electrons. The van der Waals surface area contributed by atoms with E-state index in [0.717, 1.165) is 5.39 Å². The van der Waals surface area contributed by atoms with Crippen molar-refractivity contribution in [2.24, 2.45) is 0 Å². The van der Waals surface area contributed by atoms with Crippen LogP contribution in [0.3, 0.4) is 0 Å². The number of carbonyl (C=O) groups excluding carboxylic acids is 2. The van der Waals surface area contributed by atoms with Crippen molar-refractivity contribution in [3.8, 4) is 5.75 Å². The third kappa shape index (κ3) is 2.73. The predicted octanol–water partition coefficient (Wildman–Crippen LogP) is 2.94. The number of benzene rings is 2. The van der Waals surface area contributed by atoms with Crippen molar-refractivity contribution < 1.29 is 19.1 Å². The van der Waals surface area contributed by atoms with Gasteiger partial charge in [-0.1, -0.05) is 30.3 Å². The summed E-state index contributed by atoms with van der Waals surface area (Å²) in [6, 6.07) is 10.8. The van der Waals surface area contributed by atoms with Crippen molar-refractivity contribution in [2.45, 2.75) is 13.8 Å². The zero-order chi connectivity index (χ0) is 13.8. The van der Waals surface area contributed by atoms with Crippen LogP contribution in [0.5, 0.6) is 5.75 Å². The second kappa shape index (κ2) is 5.52. The Balaban J connectivity index is 2.62. The Morgan fingerprint density at radius 1 is 1.11 bits per heavy atom. The maximum atomic E-state index is 11.9. The van der Waals surface area contributed by atoms with E-state index in [0.29, 0.717) is 5.39 Å². The highest BCUT2D eigenvalue weighted by molar-refractivity contribution is 6.02. The van der Waals surface area contributed by atoms with Gasteiger partial charge in [0.25, 0.3) is 0 Å². The van der Waals surface area contributed by atoms with Gasteiger partial charge in [0.05, 0.1) is 6.61 Å². The Kier molecular flexibility index (Phi) is 3.80. The molecule has 0 saturated carbocycles. The van der Waals surface area contributed by atoms with E-state index in [1.807, 2.05) is 18.2 Å². The number of hydrogen-bond acceptors (Lipinski definition) is 4. The van der Waals surface area contributed by atoms with Crippen LogP contribution in [0.15, 0.2) is 36.4 Å². The molecule has 0 heterocycles. The van der Waals surface area contributed by atoms with Crippen molar-refractivity contribution in [1.29, 1.82) is 0 Å². The molecule has 2 aromatic rings. The highest BCUT2D eigenvalue weighted by atomic mass is 16.5. The van der Waals surface area contributed by atoms with Crippen LogP contribution in [0.25, 0.3) is 10.8 Å². The van der Waals surface area contributed by atoms with E-state index in [4.69, 9.17) is 9.47 Å². The second-order valence-corrected chi connectivity index (χ2v) is 3.98. The van der Waals surface area contributed by atoms with Crippen molar-refractivity contribution in [3.63, 3.8) is 0 Å². The minimum atomic E-state index is -0.496. The average molecular weight is 258 g/mol. The minimum Gasteiger partial charge on any atom is -0.462 e. The molecule has 0 radical (unpaired) electrons. The standard InChI is InChI=1S/C15H14O4/c1-3-18-15(17)13-9-8-11-6-4-5-7-12(11)14(13)19-10(2)16/h4-9H,3H2,1-2H3. The largest absolute Gasteiger partial charge is 0.462 e. The fraction of sp³-hybridized carbons (Fsp3) is 0.200. The number of rotatable bonds is 3. The third-order valence-corrected chi connectivity index (χ3v) is 2.62. The molecule has 0 N–H and O–H groups in total. The maximum absolute atomic E-state index is 11.9. The molecule has 0 aromatic heterocycles. The van der Waals surface area contributed by atoms with E-state index in [-0.39, 0.29) is 17.9 Å². The fourth-order valence-electron chi connectivity index (χ4n) is 1.87. The Morgan fingerprint density at radius 2 is 1.84 bits per heavy atom. The lowest BCUT2D eigenvalue weighted by molar-refractivity contribution is -0.131. The van der Waals surface area contributed by atoms with Crippen LogP contribution < -0.4 is 4.74 Å². The van der Waals surface area contributed by atoms with E-state index < -0.39 is 11.9 Å². The zero-order valence-electron chi connectivity index (χ0n) is 10.8. The average Bonchev–Trinajstić information content (AvgIpc) is 2.38. The molecule has 2 rings (SSSR count). The molecular weight excluding hydrogens is 244 g/mol. The molecule has 4 nitrogen and oxygen atoms in total. The van der Waals surface area contributed by atoms with Gasteiger partial charge in [0.2, 0.25) is 0 Å². The summed E-state index contributed by atoms with van der Waals surface area (Å²) in [5.41, 5.74) is 0.260. The SMILES string of the molecule is CCOC(=O)c1ccc2ccccc2c1OC(C)=O. The summed E-state index contributed by atoms with van der Waals surface area (Å²) in [5.74, 6) is -0.713. The lowest BCUT2D eigenvalue weighted by Crippen LogP contribution is -2.10. The number of fused-ring (bicyclic) bond motifs is 1. The first kappa shape index (κ1) is 13.1. The summed E-state index contributed by atoms with van der Waals surface area (Å²) in [7, 11) is 0. The van der Waals surface area contributed by atoms with E-state index >= 15 is 0 Å². The number of hydrogen-bond donors (Lipinski definition) is 0. The van der Waals surface area contributed by atoms with Crippen molar-refractivity contribution >= 4 is 22.7 Å². The highest BCUT2D eigenvalue weighted by Gasteiger charge is 2.18. The fourth-order valence-corrected chi connectivity index (χ4v) is 1.87. The van der Waals surface area contributed by atoms with Crippen LogP contribution >= 0.6 is 0 Å². The first-order chi connectivity index (χ1) is 9.13. The van der Waals surface area contributed by atoms with Gasteiger partial charge in [-0.2, -0.15) is 0 Å². The van der Waals surface area contributed by atoms with Crippen LogP contribution in [0.1, 0.15) is 24.2 Å². The Hall–Kier alpha value is -2.36. The highest BCUT2D eigenvalue weighted by Crippen LogP contribution is 2.30.